The van der Waals surface area contributed by atoms with Crippen LogP contribution in [0.1, 0.15) is 52.0 Å². The molecule has 360 valence electrons. The van der Waals surface area contributed by atoms with Crippen LogP contribution in [0.4, 0.5) is 26.0 Å². The molecule has 2 unspecified atom stereocenters. The molecule has 6 aromatic rings. The summed E-state index contributed by atoms with van der Waals surface area (Å²) in [6, 6.07) is 20.4. The molecule has 4 aromatic carbocycles. The number of piperidine rings is 1. The number of benzene rings is 4. The van der Waals surface area contributed by atoms with Crippen LogP contribution in [0.15, 0.2) is 96.2 Å². The van der Waals surface area contributed by atoms with Gasteiger partial charge in [0.1, 0.15) is 29.2 Å². The number of fused-ring (bicyclic) bond motifs is 4. The minimum atomic E-state index is -0.854. The largest absolute Gasteiger partial charge is 0.389 e. The van der Waals surface area contributed by atoms with Gasteiger partial charge >= 0.3 is 0 Å². The van der Waals surface area contributed by atoms with E-state index in [1.807, 2.05) is 24.3 Å². The number of ether oxygens (including phenoxy) is 3. The lowest BCUT2D eigenvalue weighted by Gasteiger charge is -2.29. The Kier molecular flexibility index (Phi) is 14.7. The summed E-state index contributed by atoms with van der Waals surface area (Å²) >= 11 is 6.35. The molecule has 1 saturated heterocycles. The molecule has 9 rings (SSSR count). The summed E-state index contributed by atoms with van der Waals surface area (Å²) in [5.41, 5.74) is 5.68. The number of aliphatic imine (C=N–C) groups is 1. The first-order valence-corrected chi connectivity index (χ1v) is 22.8. The van der Waals surface area contributed by atoms with Crippen molar-refractivity contribution in [2.45, 2.75) is 51.0 Å². The molecule has 4 N–H and O–H groups in total. The second-order valence-corrected chi connectivity index (χ2v) is 17.0. The van der Waals surface area contributed by atoms with Crippen molar-refractivity contribution >= 4 is 58.1 Å². The monoisotopic (exact) mass is 974 g/mol. The van der Waals surface area contributed by atoms with E-state index in [2.05, 4.69) is 36.2 Å². The number of rotatable bonds is 19. The number of imide groups is 1. The van der Waals surface area contributed by atoms with E-state index in [0.717, 1.165) is 5.56 Å². The van der Waals surface area contributed by atoms with Gasteiger partial charge in [-0.15, -0.1) is 5.10 Å². The van der Waals surface area contributed by atoms with E-state index in [9.17, 15) is 33.1 Å². The Morgan fingerprint density at radius 3 is 2.43 bits per heavy atom. The molecule has 3 aliphatic rings. The number of anilines is 3. The van der Waals surface area contributed by atoms with Crippen molar-refractivity contribution in [2.75, 3.05) is 50.3 Å². The molecule has 3 aliphatic heterocycles. The molecule has 0 bridgehead atoms. The SMILES string of the molecule is O=C1CCC(N2Cc3cc(NC(=O)CCOCCOCCOCC(O)Cn4cc(-c5ccc(Nc6cnc7c(n6)-c6ccc(Cl)cc6C(c6c(F)cccc6F)=NC7)cc5)nn4)ccc3C2=O)C(=O)N1. The molecular formula is C49H45ClF2N10O8. The number of nitrogens with zero attached hydrogens (tertiary/aromatic N) is 7. The van der Waals surface area contributed by atoms with Crippen molar-refractivity contribution in [3.05, 3.63) is 136 Å². The highest BCUT2D eigenvalue weighted by molar-refractivity contribution is 6.31. The second-order valence-electron chi connectivity index (χ2n) is 16.6. The van der Waals surface area contributed by atoms with E-state index in [-0.39, 0.29) is 108 Å². The first-order valence-electron chi connectivity index (χ1n) is 22.4. The number of nitrogens with one attached hydrogen (secondary N) is 3. The fourth-order valence-electron chi connectivity index (χ4n) is 8.26. The number of carbonyl (C=O) groups excluding carboxylic acids is 4. The highest BCUT2D eigenvalue weighted by atomic mass is 35.5. The van der Waals surface area contributed by atoms with Crippen LogP contribution < -0.4 is 16.0 Å². The van der Waals surface area contributed by atoms with E-state index in [4.69, 9.17) is 30.8 Å². The number of hydrogen-bond acceptors (Lipinski definition) is 14. The van der Waals surface area contributed by atoms with Crippen LogP contribution in [0.3, 0.4) is 0 Å². The number of amides is 4. The number of carbonyl (C=O) groups is 4. The van der Waals surface area contributed by atoms with Gasteiger partial charge in [-0.05, 0) is 66.6 Å². The summed E-state index contributed by atoms with van der Waals surface area (Å²) in [6.45, 7) is 1.68. The smallest absolute Gasteiger partial charge is 0.255 e. The van der Waals surface area contributed by atoms with Gasteiger partial charge in [0.05, 0.1) is 100 Å². The number of aliphatic hydroxyl groups is 1. The van der Waals surface area contributed by atoms with Crippen LogP contribution in [-0.2, 0) is 48.2 Å². The number of aromatic nitrogens is 5. The van der Waals surface area contributed by atoms with E-state index in [0.29, 0.717) is 61.6 Å². The lowest BCUT2D eigenvalue weighted by atomic mass is 9.95. The third kappa shape index (κ3) is 11.1. The van der Waals surface area contributed by atoms with E-state index < -0.39 is 29.7 Å². The maximum atomic E-state index is 14.9. The third-order valence-electron chi connectivity index (χ3n) is 11.7. The predicted octanol–water partition coefficient (Wildman–Crippen LogP) is 5.63. The minimum Gasteiger partial charge on any atom is -0.389 e. The summed E-state index contributed by atoms with van der Waals surface area (Å²) in [6.07, 6.45) is 2.98. The zero-order chi connectivity index (χ0) is 48.7. The van der Waals surface area contributed by atoms with Crippen molar-refractivity contribution in [3.63, 3.8) is 0 Å². The van der Waals surface area contributed by atoms with Crippen molar-refractivity contribution in [1.82, 2.24) is 35.2 Å². The van der Waals surface area contributed by atoms with E-state index >= 15 is 0 Å². The third-order valence-corrected chi connectivity index (χ3v) is 11.9. The van der Waals surface area contributed by atoms with Crippen molar-refractivity contribution < 1.29 is 47.3 Å². The van der Waals surface area contributed by atoms with Crippen LogP contribution in [0, 0.1) is 11.6 Å². The summed E-state index contributed by atoms with van der Waals surface area (Å²) in [4.78, 5) is 64.7. The molecule has 0 radical (unpaired) electrons. The minimum absolute atomic E-state index is 0.0454. The van der Waals surface area contributed by atoms with Gasteiger partial charge in [-0.3, -0.25) is 34.5 Å². The molecule has 0 aliphatic carbocycles. The molecule has 1 fully saturated rings. The molecular weight excluding hydrogens is 930 g/mol. The van der Waals surface area contributed by atoms with E-state index in [1.165, 1.54) is 27.8 Å². The normalized spacial score (nSPS) is 15.7. The number of halogens is 3. The summed E-state index contributed by atoms with van der Waals surface area (Å²) < 4.78 is 48.1. The molecule has 5 heterocycles. The number of aliphatic hydroxyl groups excluding tert-OH is 1. The Balaban J connectivity index is 0.661. The average molecular weight is 975 g/mol. The summed E-state index contributed by atoms with van der Waals surface area (Å²) in [5, 5.41) is 27.7. The van der Waals surface area contributed by atoms with Crippen LogP contribution in [0.2, 0.25) is 5.02 Å². The van der Waals surface area contributed by atoms with Crippen LogP contribution in [0.5, 0.6) is 0 Å². The van der Waals surface area contributed by atoms with Gasteiger partial charge in [0.25, 0.3) is 5.91 Å². The Morgan fingerprint density at radius 1 is 0.900 bits per heavy atom. The van der Waals surface area contributed by atoms with Gasteiger partial charge < -0.3 is 34.9 Å². The predicted molar refractivity (Wildman–Crippen MR) is 251 cm³/mol. The Bertz CT molecular complexity index is 2970. The fraction of sp³-hybridized carbons (Fsp3) is 0.286. The Morgan fingerprint density at radius 2 is 1.64 bits per heavy atom. The van der Waals surface area contributed by atoms with Crippen LogP contribution >= 0.6 is 11.6 Å². The molecule has 0 saturated carbocycles. The van der Waals surface area contributed by atoms with Crippen molar-refractivity contribution in [1.29, 1.82) is 0 Å². The highest BCUT2D eigenvalue weighted by Gasteiger charge is 2.39. The maximum Gasteiger partial charge on any atom is 0.255 e. The zero-order valence-corrected chi connectivity index (χ0v) is 38.1. The second kappa shape index (κ2) is 21.5. The zero-order valence-electron chi connectivity index (χ0n) is 37.4. The lowest BCUT2D eigenvalue weighted by molar-refractivity contribution is -0.137. The topological polar surface area (TPSA) is 224 Å². The maximum absolute atomic E-state index is 14.9. The van der Waals surface area contributed by atoms with Gasteiger partial charge in [-0.2, -0.15) is 0 Å². The number of hydrogen-bond donors (Lipinski definition) is 4. The Labute approximate surface area is 404 Å². The summed E-state index contributed by atoms with van der Waals surface area (Å²) in [7, 11) is 0. The molecule has 70 heavy (non-hydrogen) atoms. The van der Waals surface area contributed by atoms with Gasteiger partial charge in [0.15, 0.2) is 0 Å². The van der Waals surface area contributed by atoms with Crippen LogP contribution in [0.25, 0.3) is 22.5 Å². The van der Waals surface area contributed by atoms with Crippen molar-refractivity contribution in [2.24, 2.45) is 4.99 Å². The van der Waals surface area contributed by atoms with Gasteiger partial charge in [-0.25, -0.2) is 18.4 Å². The van der Waals surface area contributed by atoms with Gasteiger partial charge in [0.2, 0.25) is 17.7 Å². The van der Waals surface area contributed by atoms with Crippen LogP contribution in [-0.4, -0.2) is 116 Å². The molecule has 21 heteroatoms. The standard InChI is InChI=1S/C49H45ClF2N10O8/c50-30-6-10-35-36(21-30)47(45-37(51)2-1-3-38(45)52)54-22-39-46(35)57-42(23-53-39)55-31-7-4-28(5-8-31)40-26-61(60-59-40)25-33(63)27-70-19-18-69-17-16-68-15-14-44(65)56-32-9-11-34-29(20-32)24-62(49(34)67)41-12-13-43(64)58-48(41)66/h1-11,20-21,23,26,33,41,63H,12-19,22,24-25,27H2,(H,55,57)(H,56,65)(H,58,64,66). The quantitative estimate of drug-likeness (QED) is 0.0572. The molecule has 2 aromatic heterocycles. The molecule has 0 spiro atoms. The lowest BCUT2D eigenvalue weighted by Crippen LogP contribution is -2.52. The first kappa shape index (κ1) is 47.7. The fourth-order valence-corrected chi connectivity index (χ4v) is 8.43. The van der Waals surface area contributed by atoms with Gasteiger partial charge in [0, 0.05) is 51.6 Å². The Hall–Kier alpha value is -7.36. The van der Waals surface area contributed by atoms with Gasteiger partial charge in [-0.1, -0.05) is 41.1 Å². The van der Waals surface area contributed by atoms with Crippen molar-refractivity contribution in [3.8, 4) is 22.5 Å². The molecule has 2 atom stereocenters. The first-order chi connectivity index (χ1) is 34.0. The van der Waals surface area contributed by atoms with E-state index in [1.54, 1.807) is 48.8 Å². The highest BCUT2D eigenvalue weighted by Crippen LogP contribution is 2.35. The summed E-state index contributed by atoms with van der Waals surface area (Å²) in [5.74, 6) is -2.43. The molecule has 18 nitrogen and oxygen atoms in total. The molecule has 4 amide bonds. The average Bonchev–Trinajstić information content (AvgIpc) is 3.90.